The molecule has 0 radical (unpaired) electrons. The van der Waals surface area contributed by atoms with Crippen LogP contribution in [0.4, 0.5) is 0 Å². The highest BCUT2D eigenvalue weighted by atomic mass is 32.1. The second-order valence-electron chi connectivity index (χ2n) is 5.42. The van der Waals surface area contributed by atoms with Gasteiger partial charge in [-0.25, -0.2) is 4.98 Å². The number of aromatic nitrogens is 3. The van der Waals surface area contributed by atoms with Crippen molar-refractivity contribution in [2.45, 2.75) is 44.9 Å². The molecule has 3 rings (SSSR count). The zero-order valence-corrected chi connectivity index (χ0v) is 12.6. The van der Waals surface area contributed by atoms with E-state index in [2.05, 4.69) is 15.1 Å². The van der Waals surface area contributed by atoms with Gasteiger partial charge in [0.05, 0.1) is 29.0 Å². The molecule has 2 heterocycles. The van der Waals surface area contributed by atoms with Crippen molar-refractivity contribution in [3.05, 3.63) is 27.8 Å². The van der Waals surface area contributed by atoms with Crippen molar-refractivity contribution in [2.75, 3.05) is 0 Å². The van der Waals surface area contributed by atoms with Crippen LogP contribution in [0.1, 0.15) is 54.0 Å². The van der Waals surface area contributed by atoms with Crippen LogP contribution in [0.25, 0.3) is 0 Å². The maximum atomic E-state index is 11.3. The Balaban J connectivity index is 1.75. The normalized spacial score (nSPS) is 22.3. The van der Waals surface area contributed by atoms with Gasteiger partial charge in [0.15, 0.2) is 5.82 Å². The fourth-order valence-electron chi connectivity index (χ4n) is 2.86. The van der Waals surface area contributed by atoms with E-state index in [1.807, 2.05) is 12.3 Å². The third-order valence-corrected chi connectivity index (χ3v) is 4.71. The summed E-state index contributed by atoms with van der Waals surface area (Å²) in [7, 11) is 0. The number of carboxylic acids is 1. The van der Waals surface area contributed by atoms with Crippen LogP contribution in [-0.4, -0.2) is 26.2 Å². The Labute approximate surface area is 126 Å². The van der Waals surface area contributed by atoms with E-state index in [1.165, 1.54) is 0 Å². The van der Waals surface area contributed by atoms with Gasteiger partial charge in [0, 0.05) is 5.38 Å². The summed E-state index contributed by atoms with van der Waals surface area (Å²) in [6.07, 6.45) is 3.97. The lowest BCUT2D eigenvalue weighted by atomic mass is 9.79. The van der Waals surface area contributed by atoms with Gasteiger partial charge in [-0.2, -0.15) is 4.98 Å². The molecule has 2 aromatic heterocycles. The fourth-order valence-corrected chi connectivity index (χ4v) is 3.48. The molecule has 1 aliphatic rings. The Bertz CT molecular complexity index is 637. The lowest BCUT2D eigenvalue weighted by Crippen LogP contribution is -2.25. The molecule has 1 N–H and O–H groups in total. The molecule has 21 heavy (non-hydrogen) atoms. The third kappa shape index (κ3) is 3.12. The molecule has 2 aromatic rings. The molecule has 0 spiro atoms. The quantitative estimate of drug-likeness (QED) is 0.934. The maximum Gasteiger partial charge on any atom is 0.307 e. The topological polar surface area (TPSA) is 89.1 Å². The maximum absolute atomic E-state index is 11.3. The molecule has 0 aromatic carbocycles. The Morgan fingerprint density at radius 3 is 2.95 bits per heavy atom. The molecular weight excluding hydrogens is 290 g/mol. The van der Waals surface area contributed by atoms with Crippen LogP contribution < -0.4 is 0 Å². The molecule has 2 atom stereocenters. The summed E-state index contributed by atoms with van der Waals surface area (Å²) in [5, 5.41) is 16.3. The van der Waals surface area contributed by atoms with Gasteiger partial charge in [-0.15, -0.1) is 11.3 Å². The standard InChI is InChI=1S/C14H17N3O3S/c1-8-15-9(7-21-8)6-12-16-13(20-17-12)10-4-2-3-5-11(10)14(18)19/h7,10-11H,2-6H2,1H3,(H,18,19). The summed E-state index contributed by atoms with van der Waals surface area (Å²) in [4.78, 5) is 20.1. The molecule has 1 fully saturated rings. The van der Waals surface area contributed by atoms with E-state index in [4.69, 9.17) is 4.52 Å². The number of hydrogen-bond acceptors (Lipinski definition) is 6. The predicted octanol–water partition coefficient (Wildman–Crippen LogP) is 2.78. The Morgan fingerprint density at radius 1 is 1.43 bits per heavy atom. The number of nitrogens with zero attached hydrogens (tertiary/aromatic N) is 3. The fraction of sp³-hybridized carbons (Fsp3) is 0.571. The molecule has 0 saturated heterocycles. The number of thiazole rings is 1. The molecular formula is C14H17N3O3S. The number of carbonyl (C=O) groups is 1. The molecule has 1 saturated carbocycles. The first-order chi connectivity index (χ1) is 10.1. The van der Waals surface area contributed by atoms with Crippen LogP contribution in [0.2, 0.25) is 0 Å². The number of rotatable bonds is 4. The van der Waals surface area contributed by atoms with Crippen LogP contribution in [-0.2, 0) is 11.2 Å². The SMILES string of the molecule is Cc1nc(Cc2noc(C3CCCCC3C(=O)O)n2)cs1. The molecule has 2 unspecified atom stereocenters. The zero-order valence-electron chi connectivity index (χ0n) is 11.8. The largest absolute Gasteiger partial charge is 0.481 e. The molecule has 7 heteroatoms. The second-order valence-corrected chi connectivity index (χ2v) is 6.48. The zero-order chi connectivity index (χ0) is 14.8. The van der Waals surface area contributed by atoms with E-state index in [-0.39, 0.29) is 5.92 Å². The van der Waals surface area contributed by atoms with Crippen LogP contribution in [0, 0.1) is 12.8 Å². The number of hydrogen-bond donors (Lipinski definition) is 1. The van der Waals surface area contributed by atoms with Gasteiger partial charge in [-0.05, 0) is 19.8 Å². The molecule has 0 amide bonds. The second kappa shape index (κ2) is 5.93. The van der Waals surface area contributed by atoms with Crippen molar-refractivity contribution >= 4 is 17.3 Å². The predicted molar refractivity (Wildman–Crippen MR) is 76.3 cm³/mol. The lowest BCUT2D eigenvalue weighted by Gasteiger charge is -2.25. The number of aliphatic carboxylic acids is 1. The van der Waals surface area contributed by atoms with E-state index in [1.54, 1.807) is 11.3 Å². The molecule has 6 nitrogen and oxygen atoms in total. The van der Waals surface area contributed by atoms with Gasteiger partial charge < -0.3 is 9.63 Å². The van der Waals surface area contributed by atoms with Crippen LogP contribution in [0.15, 0.2) is 9.90 Å². The van der Waals surface area contributed by atoms with Crippen LogP contribution in [0.3, 0.4) is 0 Å². The van der Waals surface area contributed by atoms with Gasteiger partial charge in [0.2, 0.25) is 5.89 Å². The molecule has 0 aliphatic heterocycles. The summed E-state index contributed by atoms with van der Waals surface area (Å²) in [5.41, 5.74) is 0.920. The Morgan fingerprint density at radius 2 is 2.24 bits per heavy atom. The summed E-state index contributed by atoms with van der Waals surface area (Å²) < 4.78 is 5.31. The van der Waals surface area contributed by atoms with E-state index in [0.29, 0.717) is 24.6 Å². The third-order valence-electron chi connectivity index (χ3n) is 3.89. The first-order valence-corrected chi connectivity index (χ1v) is 7.97. The van der Waals surface area contributed by atoms with Gasteiger partial charge in [0.25, 0.3) is 0 Å². The molecule has 112 valence electrons. The van der Waals surface area contributed by atoms with Crippen molar-refractivity contribution in [2.24, 2.45) is 5.92 Å². The lowest BCUT2D eigenvalue weighted by molar-refractivity contribution is -0.143. The average molecular weight is 307 g/mol. The summed E-state index contributed by atoms with van der Waals surface area (Å²) in [6, 6.07) is 0. The Hall–Kier alpha value is -1.76. The van der Waals surface area contributed by atoms with Gasteiger partial charge in [0.1, 0.15) is 0 Å². The Kier molecular flexibility index (Phi) is 4.01. The minimum atomic E-state index is -0.769. The van der Waals surface area contributed by atoms with Crippen LogP contribution in [0.5, 0.6) is 0 Å². The summed E-state index contributed by atoms with van der Waals surface area (Å²) >= 11 is 1.59. The van der Waals surface area contributed by atoms with Gasteiger partial charge in [-0.3, -0.25) is 4.79 Å². The average Bonchev–Trinajstić information content (AvgIpc) is 3.08. The minimum absolute atomic E-state index is 0.158. The van der Waals surface area contributed by atoms with E-state index >= 15 is 0 Å². The smallest absolute Gasteiger partial charge is 0.307 e. The minimum Gasteiger partial charge on any atom is -0.481 e. The van der Waals surface area contributed by atoms with E-state index < -0.39 is 11.9 Å². The van der Waals surface area contributed by atoms with Crippen molar-refractivity contribution in [3.8, 4) is 0 Å². The summed E-state index contributed by atoms with van der Waals surface area (Å²) in [6.45, 7) is 1.95. The van der Waals surface area contributed by atoms with Crippen molar-refractivity contribution < 1.29 is 14.4 Å². The first kappa shape index (κ1) is 14.2. The highest BCUT2D eigenvalue weighted by Gasteiger charge is 2.35. The van der Waals surface area contributed by atoms with Gasteiger partial charge >= 0.3 is 5.97 Å². The van der Waals surface area contributed by atoms with E-state index in [0.717, 1.165) is 30.0 Å². The van der Waals surface area contributed by atoms with Crippen molar-refractivity contribution in [3.63, 3.8) is 0 Å². The van der Waals surface area contributed by atoms with Crippen LogP contribution >= 0.6 is 11.3 Å². The van der Waals surface area contributed by atoms with Crippen molar-refractivity contribution in [1.82, 2.24) is 15.1 Å². The first-order valence-electron chi connectivity index (χ1n) is 7.10. The monoisotopic (exact) mass is 307 g/mol. The van der Waals surface area contributed by atoms with Gasteiger partial charge in [-0.1, -0.05) is 18.0 Å². The number of aryl methyl sites for hydroxylation is 1. The highest BCUT2D eigenvalue weighted by molar-refractivity contribution is 7.09. The van der Waals surface area contributed by atoms with E-state index in [9.17, 15) is 9.90 Å². The highest BCUT2D eigenvalue weighted by Crippen LogP contribution is 2.37. The summed E-state index contributed by atoms with van der Waals surface area (Å²) in [5.74, 6) is -0.299. The molecule has 0 bridgehead atoms. The number of carboxylic acid groups (broad SMARTS) is 1. The molecule has 1 aliphatic carbocycles. The van der Waals surface area contributed by atoms with Crippen molar-refractivity contribution in [1.29, 1.82) is 0 Å².